The van der Waals surface area contributed by atoms with Gasteiger partial charge in [-0.05, 0) is 24.6 Å². The van der Waals surface area contributed by atoms with Crippen LogP contribution in [0.25, 0.3) is 0 Å². The standard InChI is InChI=1S/C11H17NO3.ClH/c1-14-8-3-4-11(15-2)9(7-8)10(12)5-6-13;/h3-4,7,10,13H,5-6,12H2,1-2H3;1H/t10-;/m0./s1. The molecule has 0 aliphatic rings. The summed E-state index contributed by atoms with van der Waals surface area (Å²) < 4.78 is 10.3. The van der Waals surface area contributed by atoms with Crippen molar-refractivity contribution in [1.82, 2.24) is 0 Å². The first-order chi connectivity index (χ1) is 7.22. The number of nitrogens with two attached hydrogens (primary N) is 1. The molecule has 0 amide bonds. The average Bonchev–Trinajstić information content (AvgIpc) is 2.28. The molecular weight excluding hydrogens is 230 g/mol. The normalized spacial score (nSPS) is 11.5. The Bertz CT molecular complexity index is 320. The molecule has 0 fully saturated rings. The second-order valence-electron chi connectivity index (χ2n) is 3.23. The zero-order valence-electron chi connectivity index (χ0n) is 9.47. The van der Waals surface area contributed by atoms with Gasteiger partial charge >= 0.3 is 0 Å². The Hall–Kier alpha value is -0.970. The van der Waals surface area contributed by atoms with Crippen molar-refractivity contribution >= 4 is 12.4 Å². The van der Waals surface area contributed by atoms with Gasteiger partial charge in [0.25, 0.3) is 0 Å². The van der Waals surface area contributed by atoms with Crippen LogP contribution in [0.5, 0.6) is 11.5 Å². The highest BCUT2D eigenvalue weighted by atomic mass is 35.5. The minimum Gasteiger partial charge on any atom is -0.497 e. The third kappa shape index (κ3) is 3.56. The number of hydrogen-bond donors (Lipinski definition) is 2. The summed E-state index contributed by atoms with van der Waals surface area (Å²) in [7, 11) is 3.19. The highest BCUT2D eigenvalue weighted by Gasteiger charge is 2.12. The van der Waals surface area contributed by atoms with E-state index in [2.05, 4.69) is 0 Å². The lowest BCUT2D eigenvalue weighted by Gasteiger charge is -2.15. The fraction of sp³-hybridized carbons (Fsp3) is 0.455. The molecule has 0 aliphatic carbocycles. The van der Waals surface area contributed by atoms with Crippen LogP contribution in [-0.2, 0) is 0 Å². The van der Waals surface area contributed by atoms with Crippen LogP contribution in [0, 0.1) is 0 Å². The Labute approximate surface area is 102 Å². The molecule has 5 heteroatoms. The van der Waals surface area contributed by atoms with E-state index in [1.54, 1.807) is 14.2 Å². The molecule has 1 aromatic carbocycles. The zero-order chi connectivity index (χ0) is 11.3. The molecule has 1 rings (SSSR count). The summed E-state index contributed by atoms with van der Waals surface area (Å²) in [5.41, 5.74) is 6.76. The lowest BCUT2D eigenvalue weighted by molar-refractivity contribution is 0.275. The topological polar surface area (TPSA) is 64.7 Å². The van der Waals surface area contributed by atoms with E-state index < -0.39 is 0 Å². The average molecular weight is 248 g/mol. The lowest BCUT2D eigenvalue weighted by Crippen LogP contribution is -2.13. The predicted octanol–water partition coefficient (Wildman–Crippen LogP) is 1.51. The molecule has 0 saturated heterocycles. The second kappa shape index (κ2) is 7.33. The van der Waals surface area contributed by atoms with Crippen LogP contribution in [0.15, 0.2) is 18.2 Å². The summed E-state index contributed by atoms with van der Waals surface area (Å²) >= 11 is 0. The van der Waals surface area contributed by atoms with Gasteiger partial charge in [-0.1, -0.05) is 0 Å². The molecule has 0 radical (unpaired) electrons. The van der Waals surface area contributed by atoms with Crippen LogP contribution >= 0.6 is 12.4 Å². The van der Waals surface area contributed by atoms with Crippen LogP contribution in [0.2, 0.25) is 0 Å². The maximum absolute atomic E-state index is 8.84. The maximum Gasteiger partial charge on any atom is 0.123 e. The summed E-state index contributed by atoms with van der Waals surface area (Å²) in [5, 5.41) is 8.84. The largest absolute Gasteiger partial charge is 0.497 e. The van der Waals surface area contributed by atoms with E-state index in [1.807, 2.05) is 18.2 Å². The molecule has 3 N–H and O–H groups in total. The van der Waals surface area contributed by atoms with E-state index in [0.29, 0.717) is 6.42 Å². The summed E-state index contributed by atoms with van der Waals surface area (Å²) in [4.78, 5) is 0. The molecule has 0 unspecified atom stereocenters. The number of halogens is 1. The Balaban J connectivity index is 0.00000225. The van der Waals surface area contributed by atoms with Crippen molar-refractivity contribution in [3.8, 4) is 11.5 Å². The van der Waals surface area contributed by atoms with Gasteiger partial charge in [-0.15, -0.1) is 12.4 Å². The first-order valence-corrected chi connectivity index (χ1v) is 4.81. The van der Waals surface area contributed by atoms with Crippen molar-refractivity contribution in [1.29, 1.82) is 0 Å². The number of hydrogen-bond acceptors (Lipinski definition) is 4. The quantitative estimate of drug-likeness (QED) is 0.828. The first-order valence-electron chi connectivity index (χ1n) is 4.81. The predicted molar refractivity (Wildman–Crippen MR) is 65.4 cm³/mol. The van der Waals surface area contributed by atoms with Crippen molar-refractivity contribution in [3.63, 3.8) is 0 Å². The summed E-state index contributed by atoms with van der Waals surface area (Å²) in [6.45, 7) is 0.0571. The van der Waals surface area contributed by atoms with Crippen molar-refractivity contribution in [2.45, 2.75) is 12.5 Å². The van der Waals surface area contributed by atoms with Gasteiger partial charge in [0, 0.05) is 18.2 Å². The maximum atomic E-state index is 8.84. The van der Waals surface area contributed by atoms with Crippen LogP contribution in [0.4, 0.5) is 0 Å². The lowest BCUT2D eigenvalue weighted by atomic mass is 10.0. The Morgan fingerprint density at radius 3 is 2.50 bits per heavy atom. The van der Waals surface area contributed by atoms with Crippen LogP contribution < -0.4 is 15.2 Å². The molecule has 0 saturated carbocycles. The van der Waals surface area contributed by atoms with Crippen molar-refractivity contribution in [2.75, 3.05) is 20.8 Å². The van der Waals surface area contributed by atoms with Crippen LogP contribution in [0.1, 0.15) is 18.0 Å². The van der Waals surface area contributed by atoms with E-state index in [-0.39, 0.29) is 25.1 Å². The number of rotatable bonds is 5. The van der Waals surface area contributed by atoms with Gasteiger partial charge in [-0.25, -0.2) is 0 Å². The minimum absolute atomic E-state index is 0. The fourth-order valence-corrected chi connectivity index (χ4v) is 1.42. The van der Waals surface area contributed by atoms with Gasteiger partial charge in [0.2, 0.25) is 0 Å². The molecule has 0 heterocycles. The molecule has 1 atom stereocenters. The van der Waals surface area contributed by atoms with E-state index in [9.17, 15) is 0 Å². The molecule has 4 nitrogen and oxygen atoms in total. The number of aliphatic hydroxyl groups is 1. The molecule has 0 spiro atoms. The summed E-state index contributed by atoms with van der Waals surface area (Å²) in [6, 6.07) is 5.22. The van der Waals surface area contributed by atoms with Gasteiger partial charge in [0.1, 0.15) is 11.5 Å². The van der Waals surface area contributed by atoms with Gasteiger partial charge in [-0.2, -0.15) is 0 Å². The number of methoxy groups -OCH3 is 2. The smallest absolute Gasteiger partial charge is 0.123 e. The van der Waals surface area contributed by atoms with Crippen molar-refractivity contribution < 1.29 is 14.6 Å². The van der Waals surface area contributed by atoms with E-state index in [1.165, 1.54) is 0 Å². The molecule has 0 aliphatic heterocycles. The van der Waals surface area contributed by atoms with Crippen molar-refractivity contribution in [3.05, 3.63) is 23.8 Å². The van der Waals surface area contributed by atoms with Crippen molar-refractivity contribution in [2.24, 2.45) is 5.73 Å². The fourth-order valence-electron chi connectivity index (χ4n) is 1.42. The van der Waals surface area contributed by atoms with Crippen LogP contribution in [-0.4, -0.2) is 25.9 Å². The highest BCUT2D eigenvalue weighted by molar-refractivity contribution is 5.85. The molecule has 0 bridgehead atoms. The Kier molecular flexibility index (Phi) is 6.88. The molecule has 92 valence electrons. The Morgan fingerprint density at radius 1 is 1.31 bits per heavy atom. The summed E-state index contributed by atoms with van der Waals surface area (Å²) in [6.07, 6.45) is 0.503. The zero-order valence-corrected chi connectivity index (χ0v) is 10.3. The SMILES string of the molecule is COc1ccc(OC)c([C@@H](N)CCO)c1.Cl. The van der Waals surface area contributed by atoms with E-state index >= 15 is 0 Å². The number of aliphatic hydroxyl groups excluding tert-OH is 1. The number of ether oxygens (including phenoxy) is 2. The third-order valence-corrected chi connectivity index (χ3v) is 2.28. The van der Waals surface area contributed by atoms with Gasteiger partial charge in [0.05, 0.1) is 14.2 Å². The third-order valence-electron chi connectivity index (χ3n) is 2.28. The van der Waals surface area contributed by atoms with E-state index in [4.69, 9.17) is 20.3 Å². The monoisotopic (exact) mass is 247 g/mol. The second-order valence-corrected chi connectivity index (χ2v) is 3.23. The molecule has 1 aromatic rings. The first kappa shape index (κ1) is 15.0. The van der Waals surface area contributed by atoms with E-state index in [0.717, 1.165) is 17.1 Å². The minimum atomic E-state index is -0.236. The molecular formula is C11H18ClNO3. The van der Waals surface area contributed by atoms with Gasteiger partial charge in [-0.3, -0.25) is 0 Å². The molecule has 0 aromatic heterocycles. The Morgan fingerprint density at radius 2 is 2.00 bits per heavy atom. The molecule has 16 heavy (non-hydrogen) atoms. The van der Waals surface area contributed by atoms with Gasteiger partial charge in [0.15, 0.2) is 0 Å². The van der Waals surface area contributed by atoms with Gasteiger partial charge < -0.3 is 20.3 Å². The summed E-state index contributed by atoms with van der Waals surface area (Å²) in [5.74, 6) is 1.45. The van der Waals surface area contributed by atoms with Crippen LogP contribution in [0.3, 0.4) is 0 Å². The number of benzene rings is 1. The highest BCUT2D eigenvalue weighted by Crippen LogP contribution is 2.29.